The van der Waals surface area contributed by atoms with E-state index in [1.807, 2.05) is 0 Å². The van der Waals surface area contributed by atoms with Crippen molar-refractivity contribution in [3.63, 3.8) is 0 Å². The Labute approximate surface area is 85.8 Å². The van der Waals surface area contributed by atoms with Crippen molar-refractivity contribution in [3.8, 4) is 0 Å². The molecule has 0 spiro atoms. The standard InChI is InChI=1S/C10H21N3O/c1-3-8(2)9(7-14)5-4-6-13-10(11)12/h7-9H,3-6H2,1-2H3,(H4,11,12,13). The molecule has 0 heterocycles. The Morgan fingerprint density at radius 1 is 1.50 bits per heavy atom. The quantitative estimate of drug-likeness (QED) is 0.276. The van der Waals surface area contributed by atoms with Gasteiger partial charge in [0.15, 0.2) is 5.96 Å². The maximum Gasteiger partial charge on any atom is 0.185 e. The number of rotatable bonds is 7. The van der Waals surface area contributed by atoms with Crippen LogP contribution in [-0.2, 0) is 4.79 Å². The van der Waals surface area contributed by atoms with E-state index in [-0.39, 0.29) is 11.9 Å². The summed E-state index contributed by atoms with van der Waals surface area (Å²) in [4.78, 5) is 14.6. The van der Waals surface area contributed by atoms with Crippen LogP contribution in [0.1, 0.15) is 33.1 Å². The molecule has 0 saturated carbocycles. The summed E-state index contributed by atoms with van der Waals surface area (Å²) >= 11 is 0. The number of hydrogen-bond donors (Lipinski definition) is 2. The van der Waals surface area contributed by atoms with Crippen LogP contribution in [-0.4, -0.2) is 18.8 Å². The first-order chi connectivity index (χ1) is 6.61. The van der Waals surface area contributed by atoms with Crippen LogP contribution in [0.25, 0.3) is 0 Å². The lowest BCUT2D eigenvalue weighted by atomic mass is 9.89. The molecule has 0 aromatic carbocycles. The summed E-state index contributed by atoms with van der Waals surface area (Å²) in [6.45, 7) is 4.81. The number of carbonyl (C=O) groups excluding carboxylic acids is 1. The zero-order valence-electron chi connectivity index (χ0n) is 9.07. The number of carbonyl (C=O) groups is 1. The highest BCUT2D eigenvalue weighted by Crippen LogP contribution is 2.18. The van der Waals surface area contributed by atoms with Crippen LogP contribution in [0.15, 0.2) is 4.99 Å². The fourth-order valence-corrected chi connectivity index (χ4v) is 1.32. The minimum atomic E-state index is 0.121. The van der Waals surface area contributed by atoms with Gasteiger partial charge in [-0.05, 0) is 18.8 Å². The van der Waals surface area contributed by atoms with Gasteiger partial charge in [-0.25, -0.2) is 0 Å². The van der Waals surface area contributed by atoms with Crippen molar-refractivity contribution in [1.29, 1.82) is 0 Å². The summed E-state index contributed by atoms with van der Waals surface area (Å²) in [5, 5.41) is 0. The van der Waals surface area contributed by atoms with Gasteiger partial charge in [-0.1, -0.05) is 20.3 Å². The van der Waals surface area contributed by atoms with Crippen LogP contribution in [0.4, 0.5) is 0 Å². The van der Waals surface area contributed by atoms with E-state index in [1.165, 1.54) is 0 Å². The molecular weight excluding hydrogens is 178 g/mol. The average Bonchev–Trinajstić information content (AvgIpc) is 2.16. The normalized spacial score (nSPS) is 14.4. The number of nitrogens with two attached hydrogens (primary N) is 2. The second-order valence-electron chi connectivity index (χ2n) is 3.63. The molecule has 0 aliphatic heterocycles. The van der Waals surface area contributed by atoms with Crippen molar-refractivity contribution in [2.24, 2.45) is 28.3 Å². The van der Waals surface area contributed by atoms with Crippen LogP contribution >= 0.6 is 0 Å². The van der Waals surface area contributed by atoms with E-state index in [2.05, 4.69) is 18.8 Å². The van der Waals surface area contributed by atoms with Gasteiger partial charge in [0, 0.05) is 12.5 Å². The lowest BCUT2D eigenvalue weighted by molar-refractivity contribution is -0.112. The molecule has 2 atom stereocenters. The molecule has 82 valence electrons. The van der Waals surface area contributed by atoms with Crippen molar-refractivity contribution in [2.75, 3.05) is 6.54 Å². The Bertz CT molecular complexity index is 188. The molecule has 0 aliphatic rings. The number of aldehydes is 1. The predicted molar refractivity (Wildman–Crippen MR) is 58.9 cm³/mol. The minimum absolute atomic E-state index is 0.121. The molecule has 0 saturated heterocycles. The molecule has 0 amide bonds. The van der Waals surface area contributed by atoms with Crippen LogP contribution in [0.3, 0.4) is 0 Å². The Kier molecular flexibility index (Phi) is 6.80. The molecule has 0 aromatic heterocycles. The molecule has 4 nitrogen and oxygen atoms in total. The third-order valence-electron chi connectivity index (χ3n) is 2.54. The van der Waals surface area contributed by atoms with Gasteiger partial charge in [0.1, 0.15) is 6.29 Å². The van der Waals surface area contributed by atoms with Gasteiger partial charge in [0.2, 0.25) is 0 Å². The molecule has 0 bridgehead atoms. The summed E-state index contributed by atoms with van der Waals surface area (Å²) in [5.41, 5.74) is 10.4. The zero-order chi connectivity index (χ0) is 11.0. The van der Waals surface area contributed by atoms with Crippen molar-refractivity contribution in [3.05, 3.63) is 0 Å². The maximum absolute atomic E-state index is 10.7. The van der Waals surface area contributed by atoms with E-state index in [0.29, 0.717) is 12.5 Å². The third-order valence-corrected chi connectivity index (χ3v) is 2.54. The average molecular weight is 199 g/mol. The van der Waals surface area contributed by atoms with E-state index in [4.69, 9.17) is 11.5 Å². The van der Waals surface area contributed by atoms with Crippen molar-refractivity contribution < 1.29 is 4.79 Å². The summed E-state index contributed by atoms with van der Waals surface area (Å²) in [7, 11) is 0. The number of guanidine groups is 1. The van der Waals surface area contributed by atoms with Crippen LogP contribution in [0.5, 0.6) is 0 Å². The Balaban J connectivity index is 3.73. The van der Waals surface area contributed by atoms with Gasteiger partial charge in [-0.15, -0.1) is 0 Å². The van der Waals surface area contributed by atoms with Crippen molar-refractivity contribution in [1.82, 2.24) is 0 Å². The second kappa shape index (κ2) is 7.35. The molecule has 0 rings (SSSR count). The molecule has 0 radical (unpaired) electrons. The topological polar surface area (TPSA) is 81.5 Å². The van der Waals surface area contributed by atoms with Crippen molar-refractivity contribution in [2.45, 2.75) is 33.1 Å². The monoisotopic (exact) mass is 199 g/mol. The van der Waals surface area contributed by atoms with Gasteiger partial charge in [-0.2, -0.15) is 0 Å². The van der Waals surface area contributed by atoms with Crippen molar-refractivity contribution >= 4 is 12.2 Å². The minimum Gasteiger partial charge on any atom is -0.370 e. The van der Waals surface area contributed by atoms with E-state index in [9.17, 15) is 4.79 Å². The van der Waals surface area contributed by atoms with E-state index < -0.39 is 0 Å². The summed E-state index contributed by atoms with van der Waals surface area (Å²) < 4.78 is 0. The highest BCUT2D eigenvalue weighted by atomic mass is 16.1. The largest absolute Gasteiger partial charge is 0.370 e. The number of nitrogens with zero attached hydrogens (tertiary/aromatic N) is 1. The fourth-order valence-electron chi connectivity index (χ4n) is 1.32. The molecule has 2 unspecified atom stereocenters. The second-order valence-corrected chi connectivity index (χ2v) is 3.63. The summed E-state index contributed by atoms with van der Waals surface area (Å²) in [5.74, 6) is 0.720. The third kappa shape index (κ3) is 5.56. The SMILES string of the molecule is CCC(C)C(C=O)CCCN=C(N)N. The van der Waals surface area contributed by atoms with E-state index in [1.54, 1.807) is 0 Å². The lowest BCUT2D eigenvalue weighted by Gasteiger charge is -2.15. The van der Waals surface area contributed by atoms with Gasteiger partial charge in [-0.3, -0.25) is 4.99 Å². The van der Waals surface area contributed by atoms with Gasteiger partial charge < -0.3 is 16.3 Å². The Morgan fingerprint density at radius 2 is 2.14 bits per heavy atom. The maximum atomic E-state index is 10.7. The molecule has 4 N–H and O–H groups in total. The van der Waals surface area contributed by atoms with E-state index in [0.717, 1.165) is 25.5 Å². The molecule has 0 aliphatic carbocycles. The molecular formula is C10H21N3O. The molecule has 4 heteroatoms. The van der Waals surface area contributed by atoms with Gasteiger partial charge in [0.25, 0.3) is 0 Å². The van der Waals surface area contributed by atoms with Crippen LogP contribution in [0.2, 0.25) is 0 Å². The smallest absolute Gasteiger partial charge is 0.185 e. The van der Waals surface area contributed by atoms with E-state index >= 15 is 0 Å². The highest BCUT2D eigenvalue weighted by molar-refractivity contribution is 5.75. The first kappa shape index (κ1) is 12.9. The molecule has 0 fully saturated rings. The fraction of sp³-hybridized carbons (Fsp3) is 0.800. The van der Waals surface area contributed by atoms with Crippen LogP contribution < -0.4 is 11.5 Å². The summed E-state index contributed by atoms with van der Waals surface area (Å²) in [6, 6.07) is 0. The number of hydrogen-bond acceptors (Lipinski definition) is 2. The predicted octanol–water partition coefficient (Wildman–Crippen LogP) is 0.901. The molecule has 14 heavy (non-hydrogen) atoms. The first-order valence-corrected chi connectivity index (χ1v) is 5.12. The Hall–Kier alpha value is -1.06. The number of aliphatic imine (C=N–C) groups is 1. The van der Waals surface area contributed by atoms with Gasteiger partial charge >= 0.3 is 0 Å². The van der Waals surface area contributed by atoms with Gasteiger partial charge in [0.05, 0.1) is 0 Å². The highest BCUT2D eigenvalue weighted by Gasteiger charge is 2.13. The molecule has 0 aromatic rings. The lowest BCUT2D eigenvalue weighted by Crippen LogP contribution is -2.23. The summed E-state index contributed by atoms with van der Waals surface area (Å²) in [6.07, 6.45) is 3.82. The van der Waals surface area contributed by atoms with Crippen LogP contribution in [0, 0.1) is 11.8 Å². The Morgan fingerprint density at radius 3 is 2.57 bits per heavy atom. The first-order valence-electron chi connectivity index (χ1n) is 5.12. The zero-order valence-corrected chi connectivity index (χ0v) is 9.07.